The monoisotopic (exact) mass is 450 g/mol. The summed E-state index contributed by atoms with van der Waals surface area (Å²) in [5.74, 6) is 0.846. The van der Waals surface area contributed by atoms with Crippen molar-refractivity contribution in [3.63, 3.8) is 0 Å². The van der Waals surface area contributed by atoms with E-state index in [4.69, 9.17) is 14.9 Å². The van der Waals surface area contributed by atoms with Gasteiger partial charge in [0.2, 0.25) is 0 Å². The first-order chi connectivity index (χ1) is 14.6. The van der Waals surface area contributed by atoms with Gasteiger partial charge in [-0.05, 0) is 16.2 Å². The van der Waals surface area contributed by atoms with Crippen LogP contribution in [0.4, 0.5) is 0 Å². The van der Waals surface area contributed by atoms with Crippen LogP contribution in [0.5, 0.6) is 0 Å². The van der Waals surface area contributed by atoms with Crippen molar-refractivity contribution in [2.24, 2.45) is 10.4 Å². The second-order valence-corrected chi connectivity index (χ2v) is 6.78. The van der Waals surface area contributed by atoms with Gasteiger partial charge in [0.05, 0.1) is 6.54 Å². The van der Waals surface area contributed by atoms with E-state index in [9.17, 15) is 0 Å². The SMILES string of the molecule is CCC[C-]=C/C=C\[CH-]C(C)(C)C1=NCCO1.CO.CO.[K+].c1ccc2ccccc2c1. The molecule has 0 aliphatic carbocycles. The zero-order valence-electron chi connectivity index (χ0n) is 20.0. The van der Waals surface area contributed by atoms with Crippen molar-refractivity contribution in [1.82, 2.24) is 0 Å². The molecule has 2 aromatic rings. The van der Waals surface area contributed by atoms with Crippen molar-refractivity contribution >= 4 is 16.7 Å². The van der Waals surface area contributed by atoms with Crippen LogP contribution in [-0.2, 0) is 4.74 Å². The molecule has 2 N–H and O–H groups in total. The molecule has 166 valence electrons. The van der Waals surface area contributed by atoms with Gasteiger partial charge in [-0.1, -0.05) is 75.7 Å². The Morgan fingerprint density at radius 2 is 1.55 bits per heavy atom. The quantitative estimate of drug-likeness (QED) is 0.404. The maximum Gasteiger partial charge on any atom is 1.00 e. The molecule has 0 aromatic heterocycles. The number of hydrogen-bond acceptors (Lipinski definition) is 4. The maximum absolute atomic E-state index is 7.00. The predicted molar refractivity (Wildman–Crippen MR) is 128 cm³/mol. The molecule has 5 heteroatoms. The number of ether oxygens (including phenoxy) is 1. The zero-order chi connectivity index (χ0) is 22.7. The first-order valence-electron chi connectivity index (χ1n) is 10.2. The molecule has 4 nitrogen and oxygen atoms in total. The van der Waals surface area contributed by atoms with Crippen LogP contribution < -0.4 is 51.4 Å². The van der Waals surface area contributed by atoms with Crippen LogP contribution in [0.1, 0.15) is 33.6 Å². The Morgan fingerprint density at radius 1 is 1.03 bits per heavy atom. The Labute approximate surface area is 231 Å². The van der Waals surface area contributed by atoms with Gasteiger partial charge in [-0.25, -0.2) is 24.6 Å². The van der Waals surface area contributed by atoms with Crippen molar-refractivity contribution in [3.05, 3.63) is 79.3 Å². The van der Waals surface area contributed by atoms with Gasteiger partial charge in [0, 0.05) is 14.2 Å². The van der Waals surface area contributed by atoms with Gasteiger partial charge in [0.25, 0.3) is 0 Å². The molecule has 31 heavy (non-hydrogen) atoms. The second kappa shape index (κ2) is 21.0. The molecule has 1 heterocycles. The fourth-order valence-electron chi connectivity index (χ4n) is 2.58. The standard InChI is InChI=1S/C14H21NO.C10H8.2CH4O.K/c1-4-5-6-7-8-9-10-14(2,3)13-15-11-12-16-13;1-2-6-10-8-4-3-7-9(10)5-1;2*1-2;/h7-10H,4-5,11-12H2,1-3H3;1-8H;2*2H,1H3;/q-2;;;;+1/b9-8-;;;;. The third-order valence-corrected chi connectivity index (χ3v) is 4.03. The Balaban J connectivity index is 0. The van der Waals surface area contributed by atoms with E-state index in [0.717, 1.165) is 46.1 Å². The normalized spacial score (nSPS) is 12.3. The molecule has 0 amide bonds. The third-order valence-electron chi connectivity index (χ3n) is 4.03. The van der Waals surface area contributed by atoms with Crippen LogP contribution in [-0.4, -0.2) is 43.5 Å². The number of aliphatic hydroxyl groups excluding tert-OH is 2. The third kappa shape index (κ3) is 14.0. The number of benzene rings is 2. The van der Waals surface area contributed by atoms with Crippen LogP contribution in [0.2, 0.25) is 0 Å². The smallest absolute Gasteiger partial charge is 0.480 e. The molecule has 0 fully saturated rings. The summed E-state index contributed by atoms with van der Waals surface area (Å²) in [5, 5.41) is 16.6. The number of allylic oxidation sites excluding steroid dienone is 4. The zero-order valence-corrected chi connectivity index (χ0v) is 23.1. The molecule has 2 aromatic carbocycles. The Morgan fingerprint density at radius 3 is 1.97 bits per heavy atom. The van der Waals surface area contributed by atoms with E-state index in [0.29, 0.717) is 0 Å². The number of fused-ring (bicyclic) bond motifs is 1. The molecular weight excluding hydrogens is 413 g/mol. The fourth-order valence-corrected chi connectivity index (χ4v) is 2.58. The summed E-state index contributed by atoms with van der Waals surface area (Å²) in [4.78, 5) is 4.34. The summed E-state index contributed by atoms with van der Waals surface area (Å²) in [5.41, 5.74) is -0.106. The number of rotatable bonds is 6. The largest absolute Gasteiger partial charge is 1.00 e. The molecular formula is C26H37KNO3-. The Bertz CT molecular complexity index is 705. The summed E-state index contributed by atoms with van der Waals surface area (Å²) in [7, 11) is 2.00. The van der Waals surface area contributed by atoms with Crippen molar-refractivity contribution < 1.29 is 66.3 Å². The van der Waals surface area contributed by atoms with Crippen molar-refractivity contribution in [2.45, 2.75) is 33.6 Å². The molecule has 0 saturated carbocycles. The van der Waals surface area contributed by atoms with E-state index < -0.39 is 0 Å². The molecule has 0 spiro atoms. The molecule has 1 aliphatic heterocycles. The summed E-state index contributed by atoms with van der Waals surface area (Å²) in [6.07, 6.45) is 13.5. The molecule has 0 unspecified atom stereocenters. The van der Waals surface area contributed by atoms with Gasteiger partial charge >= 0.3 is 51.4 Å². The van der Waals surface area contributed by atoms with Crippen molar-refractivity contribution in [2.75, 3.05) is 27.4 Å². The van der Waals surface area contributed by atoms with E-state index in [-0.39, 0.29) is 56.8 Å². The summed E-state index contributed by atoms with van der Waals surface area (Å²) in [6.45, 7) is 7.89. The summed E-state index contributed by atoms with van der Waals surface area (Å²) in [6, 6.07) is 16.7. The minimum Gasteiger partial charge on any atom is -0.480 e. The number of aliphatic hydroxyl groups is 2. The first kappa shape index (κ1) is 32.3. The van der Waals surface area contributed by atoms with E-state index in [1.165, 1.54) is 10.8 Å². The fraction of sp³-hybridized carbons (Fsp3) is 0.385. The van der Waals surface area contributed by atoms with Crippen LogP contribution >= 0.6 is 0 Å². The Kier molecular flexibility index (Phi) is 21.8. The van der Waals surface area contributed by atoms with Crippen LogP contribution in [0, 0.1) is 17.9 Å². The summed E-state index contributed by atoms with van der Waals surface area (Å²) >= 11 is 0. The van der Waals surface area contributed by atoms with E-state index >= 15 is 0 Å². The van der Waals surface area contributed by atoms with Crippen LogP contribution in [0.3, 0.4) is 0 Å². The van der Waals surface area contributed by atoms with Crippen molar-refractivity contribution in [1.29, 1.82) is 0 Å². The van der Waals surface area contributed by atoms with E-state index in [1.807, 2.05) is 18.2 Å². The number of hydrogen-bond donors (Lipinski definition) is 2. The topological polar surface area (TPSA) is 62.0 Å². The minimum absolute atomic E-state index is 0. The Hall–Kier alpha value is -0.924. The second-order valence-electron chi connectivity index (χ2n) is 6.78. The molecule has 0 radical (unpaired) electrons. The number of aliphatic imine (C=N–C) groups is 1. The van der Waals surface area contributed by atoms with E-state index in [1.54, 1.807) is 0 Å². The van der Waals surface area contributed by atoms with Gasteiger partial charge in [-0.15, -0.1) is 6.42 Å². The molecule has 0 saturated heterocycles. The van der Waals surface area contributed by atoms with Gasteiger partial charge in [-0.2, -0.15) is 0 Å². The summed E-state index contributed by atoms with van der Waals surface area (Å²) < 4.78 is 5.47. The first-order valence-corrected chi connectivity index (χ1v) is 10.2. The predicted octanol–water partition coefficient (Wildman–Crippen LogP) is 2.42. The molecule has 1 aliphatic rings. The van der Waals surface area contributed by atoms with E-state index in [2.05, 4.69) is 86.8 Å². The van der Waals surface area contributed by atoms with Gasteiger partial charge in [-0.3, -0.25) is 11.1 Å². The van der Waals surface area contributed by atoms with Crippen molar-refractivity contribution in [3.8, 4) is 0 Å². The number of unbranched alkanes of at least 4 members (excludes halogenated alkanes) is 1. The van der Waals surface area contributed by atoms with Gasteiger partial charge < -0.3 is 14.9 Å². The molecule has 0 bridgehead atoms. The number of nitrogens with zero attached hydrogens (tertiary/aromatic N) is 1. The average molecular weight is 451 g/mol. The van der Waals surface area contributed by atoms with Gasteiger partial charge in [0.1, 0.15) is 6.61 Å². The van der Waals surface area contributed by atoms with Crippen LogP contribution in [0.15, 0.2) is 71.8 Å². The molecule has 3 rings (SSSR count). The average Bonchev–Trinajstić information content (AvgIpc) is 3.36. The van der Waals surface area contributed by atoms with Gasteiger partial charge in [0.15, 0.2) is 5.90 Å². The molecule has 0 atom stereocenters. The minimum atomic E-state index is -0.106. The van der Waals surface area contributed by atoms with Crippen LogP contribution in [0.25, 0.3) is 10.8 Å². The maximum atomic E-state index is 7.00.